The minimum Gasteiger partial charge on any atom is -0.381 e. The van der Waals surface area contributed by atoms with Gasteiger partial charge in [-0.3, -0.25) is 0 Å². The first-order valence-electron chi connectivity index (χ1n) is 5.21. The van der Waals surface area contributed by atoms with Crippen molar-refractivity contribution in [2.45, 2.75) is 31.6 Å². The Kier molecular flexibility index (Phi) is 3.02. The molecule has 0 spiro atoms. The zero-order chi connectivity index (χ0) is 9.97. The summed E-state index contributed by atoms with van der Waals surface area (Å²) >= 11 is 2.07. The van der Waals surface area contributed by atoms with Crippen LogP contribution in [0.25, 0.3) is 0 Å². The standard InChI is InChI=1S/C12H17NS/c1-9-5-3-4-6-11(9)13-12-7-8-14-10(12)2/h3-6,10,12-13H,7-8H2,1-2H3. The molecule has 0 bridgehead atoms. The third-order valence-electron chi connectivity index (χ3n) is 2.86. The van der Waals surface area contributed by atoms with Crippen molar-refractivity contribution in [3.8, 4) is 0 Å². The lowest BCUT2D eigenvalue weighted by atomic mass is 10.1. The van der Waals surface area contributed by atoms with E-state index in [1.807, 2.05) is 0 Å². The molecule has 1 aromatic carbocycles. The van der Waals surface area contributed by atoms with Gasteiger partial charge in [0.15, 0.2) is 0 Å². The minimum absolute atomic E-state index is 0.654. The van der Waals surface area contributed by atoms with Crippen LogP contribution in [0.15, 0.2) is 24.3 Å². The van der Waals surface area contributed by atoms with Gasteiger partial charge >= 0.3 is 0 Å². The molecule has 1 aliphatic rings. The van der Waals surface area contributed by atoms with E-state index >= 15 is 0 Å². The maximum Gasteiger partial charge on any atom is 0.0385 e. The van der Waals surface area contributed by atoms with Crippen LogP contribution < -0.4 is 5.32 Å². The van der Waals surface area contributed by atoms with E-state index in [0.29, 0.717) is 6.04 Å². The van der Waals surface area contributed by atoms with Crippen molar-refractivity contribution in [2.75, 3.05) is 11.1 Å². The molecule has 76 valence electrons. The molecule has 1 heterocycles. The second-order valence-electron chi connectivity index (χ2n) is 3.93. The average Bonchev–Trinajstić information content (AvgIpc) is 2.56. The summed E-state index contributed by atoms with van der Waals surface area (Å²) in [6.45, 7) is 4.47. The van der Waals surface area contributed by atoms with Crippen LogP contribution in [0.2, 0.25) is 0 Å². The first kappa shape index (κ1) is 9.91. The van der Waals surface area contributed by atoms with Crippen LogP contribution in [0, 0.1) is 6.92 Å². The molecule has 0 saturated carbocycles. The van der Waals surface area contributed by atoms with Gasteiger partial charge in [-0.2, -0.15) is 11.8 Å². The highest BCUT2D eigenvalue weighted by molar-refractivity contribution is 8.00. The lowest BCUT2D eigenvalue weighted by Gasteiger charge is -2.19. The van der Waals surface area contributed by atoms with E-state index in [0.717, 1.165) is 5.25 Å². The number of hydrogen-bond donors (Lipinski definition) is 1. The van der Waals surface area contributed by atoms with E-state index in [-0.39, 0.29) is 0 Å². The third kappa shape index (κ3) is 2.06. The third-order valence-corrected chi connectivity index (χ3v) is 4.19. The largest absolute Gasteiger partial charge is 0.381 e. The molecule has 0 aliphatic carbocycles. The minimum atomic E-state index is 0.654. The quantitative estimate of drug-likeness (QED) is 0.798. The maximum atomic E-state index is 3.64. The van der Waals surface area contributed by atoms with Crippen molar-refractivity contribution in [3.63, 3.8) is 0 Å². The summed E-state index contributed by atoms with van der Waals surface area (Å²) in [5.74, 6) is 1.30. The lowest BCUT2D eigenvalue weighted by molar-refractivity contribution is 0.723. The first-order chi connectivity index (χ1) is 6.77. The van der Waals surface area contributed by atoms with Crippen molar-refractivity contribution in [3.05, 3.63) is 29.8 Å². The van der Waals surface area contributed by atoms with Crippen LogP contribution >= 0.6 is 11.8 Å². The number of anilines is 1. The summed E-state index contributed by atoms with van der Waals surface area (Å²) in [6.07, 6.45) is 1.29. The van der Waals surface area contributed by atoms with Crippen LogP contribution in [0.1, 0.15) is 18.9 Å². The van der Waals surface area contributed by atoms with E-state index < -0.39 is 0 Å². The Morgan fingerprint density at radius 3 is 2.79 bits per heavy atom. The Morgan fingerprint density at radius 2 is 2.14 bits per heavy atom. The highest BCUT2D eigenvalue weighted by atomic mass is 32.2. The second-order valence-corrected chi connectivity index (χ2v) is 5.42. The molecule has 2 unspecified atom stereocenters. The van der Waals surface area contributed by atoms with Gasteiger partial charge in [0.2, 0.25) is 0 Å². The highest BCUT2D eigenvalue weighted by Crippen LogP contribution is 2.29. The Bertz CT molecular complexity index is 311. The van der Waals surface area contributed by atoms with Crippen LogP contribution in [-0.2, 0) is 0 Å². The van der Waals surface area contributed by atoms with Gasteiger partial charge in [0.05, 0.1) is 0 Å². The Balaban J connectivity index is 2.07. The number of para-hydroxylation sites is 1. The first-order valence-corrected chi connectivity index (χ1v) is 6.26. The van der Waals surface area contributed by atoms with E-state index in [2.05, 4.69) is 55.2 Å². The molecule has 1 aromatic rings. The van der Waals surface area contributed by atoms with Crippen LogP contribution in [0.3, 0.4) is 0 Å². The number of aryl methyl sites for hydroxylation is 1. The average molecular weight is 207 g/mol. The summed E-state index contributed by atoms with van der Waals surface area (Å²) in [6, 6.07) is 9.18. The van der Waals surface area contributed by atoms with Gasteiger partial charge in [0, 0.05) is 17.0 Å². The van der Waals surface area contributed by atoms with Crippen molar-refractivity contribution < 1.29 is 0 Å². The molecule has 14 heavy (non-hydrogen) atoms. The van der Waals surface area contributed by atoms with E-state index in [4.69, 9.17) is 0 Å². The van der Waals surface area contributed by atoms with Gasteiger partial charge in [0.1, 0.15) is 0 Å². The zero-order valence-electron chi connectivity index (χ0n) is 8.79. The SMILES string of the molecule is Cc1ccccc1NC1CCSC1C. The molecule has 2 heteroatoms. The predicted octanol–water partition coefficient (Wildman–Crippen LogP) is 3.30. The Morgan fingerprint density at radius 1 is 1.36 bits per heavy atom. The summed E-state index contributed by atoms with van der Waals surface area (Å²) in [4.78, 5) is 0. The summed E-state index contributed by atoms with van der Waals surface area (Å²) in [5, 5.41) is 4.38. The molecule has 1 nitrogen and oxygen atoms in total. The molecule has 0 aromatic heterocycles. The molecule has 1 N–H and O–H groups in total. The van der Waals surface area contributed by atoms with Gasteiger partial charge in [-0.05, 0) is 30.7 Å². The van der Waals surface area contributed by atoms with Crippen LogP contribution in [0.5, 0.6) is 0 Å². The van der Waals surface area contributed by atoms with Crippen LogP contribution in [-0.4, -0.2) is 17.0 Å². The topological polar surface area (TPSA) is 12.0 Å². The van der Waals surface area contributed by atoms with E-state index in [1.54, 1.807) is 0 Å². The monoisotopic (exact) mass is 207 g/mol. The van der Waals surface area contributed by atoms with Gasteiger partial charge in [-0.15, -0.1) is 0 Å². The maximum absolute atomic E-state index is 3.64. The molecule has 1 aliphatic heterocycles. The molecule has 0 radical (unpaired) electrons. The summed E-state index contributed by atoms with van der Waals surface area (Å²) < 4.78 is 0. The summed E-state index contributed by atoms with van der Waals surface area (Å²) in [5.41, 5.74) is 2.64. The zero-order valence-corrected chi connectivity index (χ0v) is 9.60. The number of rotatable bonds is 2. The molecule has 2 atom stereocenters. The normalized spacial score (nSPS) is 26.4. The fourth-order valence-corrected chi connectivity index (χ4v) is 3.05. The fraction of sp³-hybridized carbons (Fsp3) is 0.500. The molecule has 1 saturated heterocycles. The van der Waals surface area contributed by atoms with Gasteiger partial charge in [-0.1, -0.05) is 25.1 Å². The molecule has 2 rings (SSSR count). The van der Waals surface area contributed by atoms with Gasteiger partial charge in [0.25, 0.3) is 0 Å². The van der Waals surface area contributed by atoms with Crippen molar-refractivity contribution >= 4 is 17.4 Å². The predicted molar refractivity (Wildman–Crippen MR) is 65.1 cm³/mol. The summed E-state index contributed by atoms with van der Waals surface area (Å²) in [7, 11) is 0. The van der Waals surface area contributed by atoms with Crippen molar-refractivity contribution in [1.82, 2.24) is 0 Å². The number of benzene rings is 1. The van der Waals surface area contributed by atoms with E-state index in [1.165, 1.54) is 23.4 Å². The van der Waals surface area contributed by atoms with Crippen LogP contribution in [0.4, 0.5) is 5.69 Å². The van der Waals surface area contributed by atoms with Crippen molar-refractivity contribution in [2.24, 2.45) is 0 Å². The lowest BCUT2D eigenvalue weighted by Crippen LogP contribution is -2.24. The molecule has 0 amide bonds. The fourth-order valence-electron chi connectivity index (χ4n) is 1.86. The van der Waals surface area contributed by atoms with Gasteiger partial charge in [-0.25, -0.2) is 0 Å². The second kappa shape index (κ2) is 4.26. The molecule has 1 fully saturated rings. The van der Waals surface area contributed by atoms with Gasteiger partial charge < -0.3 is 5.32 Å². The van der Waals surface area contributed by atoms with E-state index in [9.17, 15) is 0 Å². The smallest absolute Gasteiger partial charge is 0.0385 e. The van der Waals surface area contributed by atoms with Crippen molar-refractivity contribution in [1.29, 1.82) is 0 Å². The number of nitrogens with one attached hydrogen (secondary N) is 1. The molecular formula is C12H17NS. The highest BCUT2D eigenvalue weighted by Gasteiger charge is 2.23. The Labute approximate surface area is 90.3 Å². The number of thioether (sulfide) groups is 1. The number of hydrogen-bond acceptors (Lipinski definition) is 2. The Hall–Kier alpha value is -0.630. The molecular weight excluding hydrogens is 190 g/mol.